The largest absolute Gasteiger partial charge is 0.496 e. The van der Waals surface area contributed by atoms with E-state index < -0.39 is 0 Å². The van der Waals surface area contributed by atoms with Crippen molar-refractivity contribution in [2.24, 2.45) is 5.73 Å². The van der Waals surface area contributed by atoms with E-state index in [1.165, 1.54) is 0 Å². The van der Waals surface area contributed by atoms with Crippen LogP contribution in [0.25, 0.3) is 0 Å². The lowest BCUT2D eigenvalue weighted by molar-refractivity contribution is 0.411. The molecule has 0 aliphatic carbocycles. The van der Waals surface area contributed by atoms with Gasteiger partial charge in [0, 0.05) is 17.4 Å². The fraction of sp³-hybridized carbons (Fsp3) is 0.333. The van der Waals surface area contributed by atoms with Gasteiger partial charge >= 0.3 is 0 Å². The number of hydrogen-bond acceptors (Lipinski definition) is 6. The molecular weight excluding hydrogens is 266 g/mol. The van der Waals surface area contributed by atoms with Crippen molar-refractivity contribution in [1.82, 2.24) is 10.2 Å². The molecule has 6 heteroatoms. The van der Waals surface area contributed by atoms with Crippen molar-refractivity contribution in [3.63, 3.8) is 0 Å². The van der Waals surface area contributed by atoms with E-state index in [-0.39, 0.29) is 6.04 Å². The maximum absolute atomic E-state index is 5.90. The van der Waals surface area contributed by atoms with Gasteiger partial charge in [-0.1, -0.05) is 29.2 Å². The molecule has 1 heterocycles. The van der Waals surface area contributed by atoms with E-state index in [1.54, 1.807) is 35.7 Å². The fourth-order valence-electron chi connectivity index (χ4n) is 1.56. The van der Waals surface area contributed by atoms with Crippen LogP contribution in [0.5, 0.6) is 5.75 Å². The zero-order chi connectivity index (χ0) is 13.0. The van der Waals surface area contributed by atoms with Crippen molar-refractivity contribution in [1.29, 1.82) is 0 Å². The van der Waals surface area contributed by atoms with Crippen LogP contribution in [0.15, 0.2) is 28.0 Å². The number of benzene rings is 1. The Morgan fingerprint density at radius 1 is 1.50 bits per heavy atom. The summed E-state index contributed by atoms with van der Waals surface area (Å²) in [6, 6.07) is 6.09. The summed E-state index contributed by atoms with van der Waals surface area (Å²) in [5.41, 5.74) is 9.88. The minimum absolute atomic E-state index is 0.0289. The number of hydrogen-bond donors (Lipinski definition) is 1. The normalized spacial score (nSPS) is 12.4. The molecule has 0 saturated carbocycles. The fourth-order valence-corrected chi connectivity index (χ4v) is 3.03. The van der Waals surface area contributed by atoms with Gasteiger partial charge in [0.05, 0.1) is 7.11 Å². The highest BCUT2D eigenvalue weighted by molar-refractivity contribution is 8.00. The first-order valence-corrected chi connectivity index (χ1v) is 7.38. The van der Waals surface area contributed by atoms with Crippen LogP contribution in [0.2, 0.25) is 0 Å². The Labute approximate surface area is 115 Å². The molecule has 0 amide bonds. The quantitative estimate of drug-likeness (QED) is 0.854. The molecule has 1 unspecified atom stereocenters. The first-order valence-electron chi connectivity index (χ1n) is 5.52. The Hall–Kier alpha value is -1.11. The van der Waals surface area contributed by atoms with Gasteiger partial charge in [-0.05, 0) is 24.6 Å². The second-order valence-electron chi connectivity index (χ2n) is 3.85. The maximum atomic E-state index is 5.90. The SMILES string of the molecule is COc1ccc(C(C)N)cc1CSc1nncs1. The van der Waals surface area contributed by atoms with Crippen molar-refractivity contribution in [3.05, 3.63) is 34.8 Å². The summed E-state index contributed by atoms with van der Waals surface area (Å²) in [4.78, 5) is 0. The van der Waals surface area contributed by atoms with Gasteiger partial charge in [0.25, 0.3) is 0 Å². The standard InChI is InChI=1S/C12H15N3OS2/c1-8(13)9-3-4-11(16-2)10(5-9)6-17-12-15-14-7-18-12/h3-5,7-8H,6,13H2,1-2H3. The summed E-state index contributed by atoms with van der Waals surface area (Å²) in [6.07, 6.45) is 0. The lowest BCUT2D eigenvalue weighted by Crippen LogP contribution is -2.05. The lowest BCUT2D eigenvalue weighted by Gasteiger charge is -2.12. The van der Waals surface area contributed by atoms with Crippen molar-refractivity contribution in [3.8, 4) is 5.75 Å². The molecule has 0 bridgehead atoms. The summed E-state index contributed by atoms with van der Waals surface area (Å²) in [6.45, 7) is 1.98. The van der Waals surface area contributed by atoms with E-state index in [0.717, 1.165) is 27.0 Å². The zero-order valence-electron chi connectivity index (χ0n) is 10.3. The summed E-state index contributed by atoms with van der Waals surface area (Å²) in [5, 5.41) is 7.83. The van der Waals surface area contributed by atoms with Crippen LogP contribution in [-0.4, -0.2) is 17.3 Å². The number of methoxy groups -OCH3 is 1. The molecule has 96 valence electrons. The third-order valence-corrected chi connectivity index (χ3v) is 4.43. The van der Waals surface area contributed by atoms with Gasteiger partial charge < -0.3 is 10.5 Å². The predicted molar refractivity (Wildman–Crippen MR) is 75.1 cm³/mol. The maximum Gasteiger partial charge on any atom is 0.174 e. The summed E-state index contributed by atoms with van der Waals surface area (Å²) in [7, 11) is 1.68. The molecule has 0 saturated heterocycles. The molecule has 0 spiro atoms. The predicted octanol–water partition coefficient (Wildman–Crippen LogP) is 2.86. The minimum atomic E-state index is 0.0289. The minimum Gasteiger partial charge on any atom is -0.496 e. The van der Waals surface area contributed by atoms with Gasteiger partial charge in [0.2, 0.25) is 0 Å². The highest BCUT2D eigenvalue weighted by Crippen LogP contribution is 2.30. The molecular formula is C12H15N3OS2. The van der Waals surface area contributed by atoms with Crippen LogP contribution in [-0.2, 0) is 5.75 Å². The Kier molecular flexibility index (Phi) is 4.57. The average Bonchev–Trinajstić information content (AvgIpc) is 2.89. The van der Waals surface area contributed by atoms with Crippen LogP contribution in [0, 0.1) is 0 Å². The molecule has 2 N–H and O–H groups in total. The Morgan fingerprint density at radius 3 is 2.94 bits per heavy atom. The van der Waals surface area contributed by atoms with Gasteiger partial charge in [-0.3, -0.25) is 0 Å². The van der Waals surface area contributed by atoms with E-state index in [9.17, 15) is 0 Å². The van der Waals surface area contributed by atoms with Gasteiger partial charge in [0.1, 0.15) is 11.3 Å². The smallest absolute Gasteiger partial charge is 0.174 e. The van der Waals surface area contributed by atoms with Crippen LogP contribution in [0.4, 0.5) is 0 Å². The molecule has 1 atom stereocenters. The van der Waals surface area contributed by atoms with Gasteiger partial charge in [-0.25, -0.2) is 0 Å². The second kappa shape index (κ2) is 6.17. The average molecular weight is 281 g/mol. The summed E-state index contributed by atoms with van der Waals surface area (Å²) < 4.78 is 6.32. The van der Waals surface area contributed by atoms with Crippen LogP contribution in [0.1, 0.15) is 24.1 Å². The first-order chi connectivity index (χ1) is 8.70. The summed E-state index contributed by atoms with van der Waals surface area (Å²) in [5.74, 6) is 1.69. The van der Waals surface area contributed by atoms with Crippen molar-refractivity contribution in [2.45, 2.75) is 23.1 Å². The molecule has 4 nitrogen and oxygen atoms in total. The van der Waals surface area contributed by atoms with E-state index in [2.05, 4.69) is 16.3 Å². The summed E-state index contributed by atoms with van der Waals surface area (Å²) >= 11 is 3.20. The number of thioether (sulfide) groups is 1. The van der Waals surface area contributed by atoms with Crippen molar-refractivity contribution < 1.29 is 4.74 Å². The molecule has 0 radical (unpaired) electrons. The van der Waals surface area contributed by atoms with E-state index in [1.807, 2.05) is 19.1 Å². The Morgan fingerprint density at radius 2 is 2.33 bits per heavy atom. The Balaban J connectivity index is 2.16. The number of nitrogens with two attached hydrogens (primary N) is 1. The molecule has 0 aliphatic rings. The number of ether oxygens (including phenoxy) is 1. The van der Waals surface area contributed by atoms with Gasteiger partial charge in [0.15, 0.2) is 4.34 Å². The van der Waals surface area contributed by atoms with E-state index in [0.29, 0.717) is 0 Å². The Bertz CT molecular complexity index is 500. The number of rotatable bonds is 5. The molecule has 1 aromatic carbocycles. The van der Waals surface area contributed by atoms with Gasteiger partial charge in [-0.2, -0.15) is 0 Å². The number of nitrogens with zero attached hydrogens (tertiary/aromatic N) is 2. The monoisotopic (exact) mass is 281 g/mol. The van der Waals surface area contributed by atoms with Crippen LogP contribution >= 0.6 is 23.1 Å². The van der Waals surface area contributed by atoms with E-state index in [4.69, 9.17) is 10.5 Å². The zero-order valence-corrected chi connectivity index (χ0v) is 11.9. The molecule has 2 rings (SSSR count). The second-order valence-corrected chi connectivity index (χ2v) is 5.91. The molecule has 0 aliphatic heterocycles. The van der Waals surface area contributed by atoms with Crippen LogP contribution < -0.4 is 10.5 Å². The molecule has 18 heavy (non-hydrogen) atoms. The molecule has 1 aromatic heterocycles. The van der Waals surface area contributed by atoms with Gasteiger partial charge in [-0.15, -0.1) is 10.2 Å². The first kappa shape index (κ1) is 13.3. The topological polar surface area (TPSA) is 61.0 Å². The molecule has 2 aromatic rings. The number of aromatic nitrogens is 2. The van der Waals surface area contributed by atoms with Crippen LogP contribution in [0.3, 0.4) is 0 Å². The lowest BCUT2D eigenvalue weighted by atomic mass is 10.1. The van der Waals surface area contributed by atoms with E-state index >= 15 is 0 Å². The van der Waals surface area contributed by atoms with Crippen molar-refractivity contribution in [2.75, 3.05) is 7.11 Å². The van der Waals surface area contributed by atoms with Crippen molar-refractivity contribution >= 4 is 23.1 Å². The third kappa shape index (κ3) is 3.22. The molecule has 0 fully saturated rings. The third-order valence-electron chi connectivity index (χ3n) is 2.52. The highest BCUT2D eigenvalue weighted by atomic mass is 32.2. The highest BCUT2D eigenvalue weighted by Gasteiger charge is 2.08.